The van der Waals surface area contributed by atoms with Crippen molar-refractivity contribution in [2.45, 2.75) is 13.8 Å². The zero-order valence-corrected chi connectivity index (χ0v) is 20.5. The fourth-order valence-corrected chi connectivity index (χ4v) is 4.08. The Balaban J connectivity index is 1.52. The summed E-state index contributed by atoms with van der Waals surface area (Å²) < 4.78 is 13.2. The normalized spacial score (nSPS) is 14.2. The molecule has 0 spiro atoms. The summed E-state index contributed by atoms with van der Waals surface area (Å²) in [6.45, 7) is 6.83. The Morgan fingerprint density at radius 3 is 2.29 bits per heavy atom. The monoisotopic (exact) mass is 497 g/mol. The summed E-state index contributed by atoms with van der Waals surface area (Å²) in [6, 6.07) is 15.7. The number of rotatable bonds is 3. The zero-order valence-electron chi connectivity index (χ0n) is 18.9. The van der Waals surface area contributed by atoms with E-state index in [0.717, 1.165) is 30.2 Å². The molecule has 34 heavy (non-hydrogen) atoms. The van der Waals surface area contributed by atoms with Gasteiger partial charge in [-0.2, -0.15) is 4.99 Å². The number of aromatic nitrogens is 2. The fourth-order valence-electron chi connectivity index (χ4n) is 3.69. The minimum absolute atomic E-state index is 0.246. The highest BCUT2D eigenvalue weighted by Crippen LogP contribution is 2.21. The number of nitrogens with zero attached hydrogens (tertiary/aromatic N) is 5. The van der Waals surface area contributed by atoms with Gasteiger partial charge in [0.05, 0.1) is 0 Å². The van der Waals surface area contributed by atoms with Crippen LogP contribution < -0.4 is 15.5 Å². The van der Waals surface area contributed by atoms with Crippen LogP contribution in [0.5, 0.6) is 0 Å². The second kappa shape index (κ2) is 10.8. The van der Waals surface area contributed by atoms with Gasteiger partial charge in [0.15, 0.2) is 0 Å². The third-order valence-electron chi connectivity index (χ3n) is 5.26. The lowest BCUT2D eigenvalue weighted by Gasteiger charge is -2.37. The molecule has 0 aliphatic carbocycles. The number of hydrogen-bond acceptors (Lipinski definition) is 4. The number of hydrogen-bond donors (Lipinski definition) is 2. The van der Waals surface area contributed by atoms with Crippen LogP contribution in [0.2, 0.25) is 5.02 Å². The van der Waals surface area contributed by atoms with E-state index < -0.39 is 0 Å². The Labute approximate surface area is 208 Å². The van der Waals surface area contributed by atoms with Crippen molar-refractivity contribution in [3.63, 3.8) is 0 Å². The van der Waals surface area contributed by atoms with Gasteiger partial charge in [-0.1, -0.05) is 17.7 Å². The van der Waals surface area contributed by atoms with Gasteiger partial charge in [0.25, 0.3) is 0 Å². The molecule has 10 heteroatoms. The molecule has 2 heterocycles. The number of benzene rings is 2. The molecule has 0 radical (unpaired) electrons. The summed E-state index contributed by atoms with van der Waals surface area (Å²) >= 11 is 11.6. The molecule has 4 rings (SSSR count). The molecular weight excluding hydrogens is 473 g/mol. The summed E-state index contributed by atoms with van der Waals surface area (Å²) in [6.07, 6.45) is 0. The van der Waals surface area contributed by atoms with Crippen LogP contribution >= 0.6 is 23.8 Å². The van der Waals surface area contributed by atoms with Crippen molar-refractivity contribution in [1.29, 1.82) is 0 Å². The van der Waals surface area contributed by atoms with E-state index in [1.165, 1.54) is 12.1 Å². The lowest BCUT2D eigenvalue weighted by atomic mass is 10.2. The Morgan fingerprint density at radius 2 is 1.65 bits per heavy atom. The number of thiocarbonyl (C=S) groups is 1. The maximum Gasteiger partial charge on any atom is 0.229 e. The van der Waals surface area contributed by atoms with Crippen molar-refractivity contribution in [2.75, 3.05) is 41.7 Å². The molecule has 1 aliphatic rings. The SMILES string of the molecule is Cc1cc(C)nc(N/C(=N/C(=S)Nc2ccc(F)cc2)N2CCN(c3cccc(Cl)c3)CC2)n1. The van der Waals surface area contributed by atoms with Crippen molar-refractivity contribution in [1.82, 2.24) is 14.9 Å². The van der Waals surface area contributed by atoms with Crippen LogP contribution in [-0.2, 0) is 0 Å². The van der Waals surface area contributed by atoms with E-state index in [4.69, 9.17) is 23.8 Å². The molecular formula is C24H25ClFN7S. The summed E-state index contributed by atoms with van der Waals surface area (Å²) in [5.74, 6) is 0.695. The fraction of sp³-hybridized carbons (Fsp3) is 0.250. The topological polar surface area (TPSA) is 68.7 Å². The first-order valence-corrected chi connectivity index (χ1v) is 11.6. The average Bonchev–Trinajstić information content (AvgIpc) is 2.80. The van der Waals surface area contributed by atoms with Crippen LogP contribution in [0.15, 0.2) is 59.6 Å². The summed E-state index contributed by atoms with van der Waals surface area (Å²) in [4.78, 5) is 18.0. The van der Waals surface area contributed by atoms with Crippen molar-refractivity contribution >= 4 is 52.2 Å². The lowest BCUT2D eigenvalue weighted by molar-refractivity contribution is 0.385. The van der Waals surface area contributed by atoms with Crippen LogP contribution in [0.4, 0.5) is 21.7 Å². The molecule has 1 aromatic heterocycles. The predicted molar refractivity (Wildman–Crippen MR) is 140 cm³/mol. The van der Waals surface area contributed by atoms with E-state index in [0.29, 0.717) is 35.7 Å². The number of aliphatic imine (C=N–C) groups is 1. The molecule has 0 bridgehead atoms. The van der Waals surface area contributed by atoms with E-state index in [1.54, 1.807) is 12.1 Å². The molecule has 1 fully saturated rings. The zero-order chi connectivity index (χ0) is 24.1. The highest BCUT2D eigenvalue weighted by molar-refractivity contribution is 7.80. The van der Waals surface area contributed by atoms with Gasteiger partial charge in [0, 0.05) is 54.0 Å². The van der Waals surface area contributed by atoms with Gasteiger partial charge in [-0.15, -0.1) is 0 Å². The highest BCUT2D eigenvalue weighted by Gasteiger charge is 2.22. The highest BCUT2D eigenvalue weighted by atomic mass is 35.5. The largest absolute Gasteiger partial charge is 0.368 e. The molecule has 7 nitrogen and oxygen atoms in total. The first-order chi connectivity index (χ1) is 16.4. The summed E-state index contributed by atoms with van der Waals surface area (Å²) in [5.41, 5.74) is 3.45. The van der Waals surface area contributed by atoms with E-state index in [-0.39, 0.29) is 10.9 Å². The minimum atomic E-state index is -0.313. The van der Waals surface area contributed by atoms with Gasteiger partial charge in [-0.3, -0.25) is 5.32 Å². The second-order valence-electron chi connectivity index (χ2n) is 7.93. The van der Waals surface area contributed by atoms with Gasteiger partial charge in [-0.25, -0.2) is 14.4 Å². The smallest absolute Gasteiger partial charge is 0.229 e. The Bertz CT molecular complexity index is 1170. The quantitative estimate of drug-likeness (QED) is 0.304. The summed E-state index contributed by atoms with van der Waals surface area (Å²) in [7, 11) is 0. The first-order valence-electron chi connectivity index (χ1n) is 10.9. The average molecular weight is 498 g/mol. The third-order valence-corrected chi connectivity index (χ3v) is 5.69. The molecule has 3 aromatic rings. The number of aryl methyl sites for hydroxylation is 2. The molecule has 1 aliphatic heterocycles. The van der Waals surface area contributed by atoms with Gasteiger partial charge < -0.3 is 15.1 Å². The molecule has 0 amide bonds. The number of piperazine rings is 1. The van der Waals surface area contributed by atoms with Gasteiger partial charge in [-0.05, 0) is 74.6 Å². The van der Waals surface area contributed by atoms with Crippen molar-refractivity contribution < 1.29 is 4.39 Å². The van der Waals surface area contributed by atoms with E-state index in [9.17, 15) is 4.39 Å². The molecule has 2 aromatic carbocycles. The van der Waals surface area contributed by atoms with Crippen LogP contribution in [0.1, 0.15) is 11.4 Å². The number of guanidine groups is 1. The molecule has 0 atom stereocenters. The van der Waals surface area contributed by atoms with E-state index in [2.05, 4.69) is 41.5 Å². The van der Waals surface area contributed by atoms with E-state index in [1.807, 2.05) is 38.1 Å². The van der Waals surface area contributed by atoms with E-state index >= 15 is 0 Å². The molecule has 0 saturated carbocycles. The molecule has 2 N–H and O–H groups in total. The van der Waals surface area contributed by atoms with Crippen molar-refractivity contribution in [3.8, 4) is 0 Å². The Hall–Kier alpha value is -3.30. The number of anilines is 3. The van der Waals surface area contributed by atoms with Crippen LogP contribution in [0.3, 0.4) is 0 Å². The van der Waals surface area contributed by atoms with Crippen LogP contribution in [0, 0.1) is 19.7 Å². The minimum Gasteiger partial charge on any atom is -0.368 e. The maximum atomic E-state index is 13.2. The first kappa shape index (κ1) is 23.8. The third kappa shape index (κ3) is 6.39. The van der Waals surface area contributed by atoms with Crippen LogP contribution in [-0.4, -0.2) is 52.1 Å². The van der Waals surface area contributed by atoms with Gasteiger partial charge in [0.1, 0.15) is 5.82 Å². The maximum absolute atomic E-state index is 13.2. The van der Waals surface area contributed by atoms with Crippen molar-refractivity contribution in [3.05, 3.63) is 76.8 Å². The van der Waals surface area contributed by atoms with Gasteiger partial charge >= 0.3 is 0 Å². The summed E-state index contributed by atoms with van der Waals surface area (Å²) in [5, 5.41) is 7.24. The molecule has 0 unspecified atom stereocenters. The predicted octanol–water partition coefficient (Wildman–Crippen LogP) is 4.87. The molecule has 176 valence electrons. The number of halogens is 2. The van der Waals surface area contributed by atoms with Gasteiger partial charge in [0.2, 0.25) is 17.0 Å². The number of nitrogens with one attached hydrogen (secondary N) is 2. The second-order valence-corrected chi connectivity index (χ2v) is 8.75. The Morgan fingerprint density at radius 1 is 0.971 bits per heavy atom. The van der Waals surface area contributed by atoms with Crippen molar-refractivity contribution in [2.24, 2.45) is 4.99 Å². The standard InChI is InChI=1S/C24H25ClFN7S/c1-16-14-17(2)28-22(27-16)30-23(31-24(34)29-20-8-6-19(26)7-9-20)33-12-10-32(11-13-33)21-5-3-4-18(25)15-21/h3-9,14-15H,10-13H2,1-2H3,(H2,27,28,29,30,31,34). The Kier molecular flexibility index (Phi) is 7.54. The van der Waals surface area contributed by atoms with Crippen LogP contribution in [0.25, 0.3) is 0 Å². The molecule has 1 saturated heterocycles. The lowest BCUT2D eigenvalue weighted by Crippen LogP contribution is -2.51.